The molecule has 0 unspecified atom stereocenters. The maximum Gasteiger partial charge on any atom is 0.160 e. The second-order valence-corrected chi connectivity index (χ2v) is 3.99. The summed E-state index contributed by atoms with van der Waals surface area (Å²) in [5.74, 6) is 0.309. The van der Waals surface area contributed by atoms with E-state index in [0.29, 0.717) is 11.4 Å². The topological polar surface area (TPSA) is 38.1 Å². The quantitative estimate of drug-likeness (QED) is 0.838. The SMILES string of the molecule is CCc1c(O)c(C)nn1-c1cccc(C)c1. The zero-order valence-electron chi connectivity index (χ0n) is 9.86. The molecule has 1 aromatic heterocycles. The van der Waals surface area contributed by atoms with Gasteiger partial charge in [0.05, 0.1) is 11.4 Å². The molecule has 0 fully saturated rings. The summed E-state index contributed by atoms with van der Waals surface area (Å²) in [6, 6.07) is 8.10. The second kappa shape index (κ2) is 4.00. The molecule has 0 spiro atoms. The molecule has 0 saturated heterocycles. The van der Waals surface area contributed by atoms with Crippen molar-refractivity contribution < 1.29 is 5.11 Å². The van der Waals surface area contributed by atoms with Gasteiger partial charge in [-0.15, -0.1) is 0 Å². The Bertz CT molecular complexity index is 515. The predicted molar refractivity (Wildman–Crippen MR) is 64.1 cm³/mol. The molecule has 2 rings (SSSR count). The maximum atomic E-state index is 9.87. The molecule has 3 heteroatoms. The van der Waals surface area contributed by atoms with Gasteiger partial charge in [0.25, 0.3) is 0 Å². The van der Waals surface area contributed by atoms with Gasteiger partial charge in [-0.1, -0.05) is 19.1 Å². The van der Waals surface area contributed by atoms with E-state index >= 15 is 0 Å². The summed E-state index contributed by atoms with van der Waals surface area (Å²) in [5, 5.41) is 14.2. The average Bonchev–Trinajstić information content (AvgIpc) is 2.55. The van der Waals surface area contributed by atoms with Gasteiger partial charge in [-0.05, 0) is 38.0 Å². The Labute approximate surface area is 95.3 Å². The van der Waals surface area contributed by atoms with Crippen molar-refractivity contribution >= 4 is 0 Å². The molecule has 2 aromatic rings. The first-order valence-electron chi connectivity index (χ1n) is 5.48. The highest BCUT2D eigenvalue weighted by atomic mass is 16.3. The number of nitrogens with zero attached hydrogens (tertiary/aromatic N) is 2. The van der Waals surface area contributed by atoms with Crippen LogP contribution in [0.2, 0.25) is 0 Å². The summed E-state index contributed by atoms with van der Waals surface area (Å²) in [6.45, 7) is 5.88. The normalized spacial score (nSPS) is 10.7. The Morgan fingerprint density at radius 3 is 2.69 bits per heavy atom. The van der Waals surface area contributed by atoms with E-state index in [2.05, 4.69) is 11.2 Å². The van der Waals surface area contributed by atoms with Gasteiger partial charge in [0.2, 0.25) is 0 Å². The smallest absolute Gasteiger partial charge is 0.160 e. The van der Waals surface area contributed by atoms with Crippen molar-refractivity contribution in [3.63, 3.8) is 0 Å². The van der Waals surface area contributed by atoms with Crippen LogP contribution in [0.1, 0.15) is 23.9 Å². The largest absolute Gasteiger partial charge is 0.504 e. The van der Waals surface area contributed by atoms with E-state index in [0.717, 1.165) is 17.8 Å². The highest BCUT2D eigenvalue weighted by Gasteiger charge is 2.13. The van der Waals surface area contributed by atoms with Crippen molar-refractivity contribution in [2.75, 3.05) is 0 Å². The van der Waals surface area contributed by atoms with Gasteiger partial charge in [-0.25, -0.2) is 4.68 Å². The Morgan fingerprint density at radius 2 is 2.06 bits per heavy atom. The van der Waals surface area contributed by atoms with E-state index in [1.165, 1.54) is 5.56 Å². The summed E-state index contributed by atoms with van der Waals surface area (Å²) in [6.07, 6.45) is 0.764. The zero-order valence-corrected chi connectivity index (χ0v) is 9.86. The lowest BCUT2D eigenvalue weighted by Crippen LogP contribution is -2.01. The summed E-state index contributed by atoms with van der Waals surface area (Å²) < 4.78 is 1.82. The minimum absolute atomic E-state index is 0.309. The molecule has 0 aliphatic rings. The lowest BCUT2D eigenvalue weighted by atomic mass is 10.2. The van der Waals surface area contributed by atoms with Crippen LogP contribution in [-0.2, 0) is 6.42 Å². The van der Waals surface area contributed by atoms with Crippen LogP contribution in [0.4, 0.5) is 0 Å². The summed E-state index contributed by atoms with van der Waals surface area (Å²) in [5.41, 5.74) is 3.73. The Morgan fingerprint density at radius 1 is 1.31 bits per heavy atom. The van der Waals surface area contributed by atoms with Crippen LogP contribution in [-0.4, -0.2) is 14.9 Å². The van der Waals surface area contributed by atoms with Crippen molar-refractivity contribution in [3.05, 3.63) is 41.2 Å². The third kappa shape index (κ3) is 1.69. The van der Waals surface area contributed by atoms with Crippen LogP contribution < -0.4 is 0 Å². The monoisotopic (exact) mass is 216 g/mol. The van der Waals surface area contributed by atoms with Gasteiger partial charge < -0.3 is 5.11 Å². The predicted octanol–water partition coefficient (Wildman–Crippen LogP) is 2.76. The molecule has 0 atom stereocenters. The lowest BCUT2D eigenvalue weighted by molar-refractivity contribution is 0.464. The number of hydrogen-bond donors (Lipinski definition) is 1. The highest BCUT2D eigenvalue weighted by molar-refractivity contribution is 5.41. The first-order chi connectivity index (χ1) is 7.63. The molecule has 0 amide bonds. The van der Waals surface area contributed by atoms with Crippen LogP contribution in [0.25, 0.3) is 5.69 Å². The fourth-order valence-corrected chi connectivity index (χ4v) is 1.86. The number of aromatic hydroxyl groups is 1. The Balaban J connectivity index is 2.60. The first-order valence-corrected chi connectivity index (χ1v) is 5.48. The van der Waals surface area contributed by atoms with E-state index in [1.54, 1.807) is 0 Å². The van der Waals surface area contributed by atoms with Gasteiger partial charge in [0, 0.05) is 0 Å². The molecule has 1 aromatic carbocycles. The van der Waals surface area contributed by atoms with Crippen LogP contribution >= 0.6 is 0 Å². The maximum absolute atomic E-state index is 9.87. The van der Waals surface area contributed by atoms with Crippen molar-refractivity contribution in [2.24, 2.45) is 0 Å². The molecule has 0 aliphatic carbocycles. The standard InChI is InChI=1S/C13H16N2O/c1-4-12-13(16)10(3)14-15(12)11-7-5-6-9(2)8-11/h5-8,16H,4H2,1-3H3. The van der Waals surface area contributed by atoms with Crippen molar-refractivity contribution in [1.29, 1.82) is 0 Å². The van der Waals surface area contributed by atoms with Crippen LogP contribution in [0.3, 0.4) is 0 Å². The van der Waals surface area contributed by atoms with Crippen LogP contribution in [0.15, 0.2) is 24.3 Å². The van der Waals surface area contributed by atoms with E-state index < -0.39 is 0 Å². The van der Waals surface area contributed by atoms with E-state index in [4.69, 9.17) is 0 Å². The Kier molecular flexibility index (Phi) is 2.69. The van der Waals surface area contributed by atoms with Crippen LogP contribution in [0, 0.1) is 13.8 Å². The zero-order chi connectivity index (χ0) is 11.7. The average molecular weight is 216 g/mol. The minimum Gasteiger partial charge on any atom is -0.504 e. The number of aromatic nitrogens is 2. The van der Waals surface area contributed by atoms with Gasteiger partial charge in [-0.3, -0.25) is 0 Å². The van der Waals surface area contributed by atoms with Crippen LogP contribution in [0.5, 0.6) is 5.75 Å². The third-order valence-electron chi connectivity index (χ3n) is 2.70. The molecule has 0 aliphatic heterocycles. The van der Waals surface area contributed by atoms with Crippen molar-refractivity contribution in [2.45, 2.75) is 27.2 Å². The molecule has 0 saturated carbocycles. The van der Waals surface area contributed by atoms with Gasteiger partial charge in [0.1, 0.15) is 5.69 Å². The van der Waals surface area contributed by atoms with Gasteiger partial charge >= 0.3 is 0 Å². The molecular formula is C13H16N2O. The fourth-order valence-electron chi connectivity index (χ4n) is 1.86. The summed E-state index contributed by atoms with van der Waals surface area (Å²) in [4.78, 5) is 0. The molecule has 0 bridgehead atoms. The first kappa shape index (κ1) is 10.7. The Hall–Kier alpha value is -1.77. The minimum atomic E-state index is 0.309. The van der Waals surface area contributed by atoms with Gasteiger partial charge in [-0.2, -0.15) is 5.10 Å². The summed E-state index contributed by atoms with van der Waals surface area (Å²) >= 11 is 0. The highest BCUT2D eigenvalue weighted by Crippen LogP contribution is 2.25. The lowest BCUT2D eigenvalue weighted by Gasteiger charge is -2.06. The number of aryl methyl sites for hydroxylation is 2. The molecule has 1 heterocycles. The second-order valence-electron chi connectivity index (χ2n) is 3.99. The van der Waals surface area contributed by atoms with Crippen molar-refractivity contribution in [3.8, 4) is 11.4 Å². The van der Waals surface area contributed by atoms with E-state index in [1.807, 2.05) is 43.7 Å². The molecule has 3 nitrogen and oxygen atoms in total. The van der Waals surface area contributed by atoms with Gasteiger partial charge in [0.15, 0.2) is 5.75 Å². The molecule has 1 N–H and O–H groups in total. The van der Waals surface area contributed by atoms with E-state index in [9.17, 15) is 5.11 Å². The summed E-state index contributed by atoms with van der Waals surface area (Å²) in [7, 11) is 0. The molecule has 16 heavy (non-hydrogen) atoms. The number of benzene rings is 1. The number of rotatable bonds is 2. The third-order valence-corrected chi connectivity index (χ3v) is 2.70. The molecule has 0 radical (unpaired) electrons. The fraction of sp³-hybridized carbons (Fsp3) is 0.308. The van der Waals surface area contributed by atoms with E-state index in [-0.39, 0.29) is 0 Å². The number of hydrogen-bond acceptors (Lipinski definition) is 2. The molecule has 84 valence electrons. The molecular weight excluding hydrogens is 200 g/mol. The van der Waals surface area contributed by atoms with Crippen molar-refractivity contribution in [1.82, 2.24) is 9.78 Å².